The quantitative estimate of drug-likeness (QED) is 0.570. The minimum atomic E-state index is 0.708. The summed E-state index contributed by atoms with van der Waals surface area (Å²) in [6.07, 6.45) is 8.46. The van der Waals surface area contributed by atoms with Crippen LogP contribution in [0, 0.1) is 0 Å². The van der Waals surface area contributed by atoms with Gasteiger partial charge >= 0.3 is 0 Å². The largest absolute Gasteiger partial charge is 0.399 e. The van der Waals surface area contributed by atoms with Crippen molar-refractivity contribution in [1.29, 1.82) is 0 Å². The molecule has 0 aromatic carbocycles. The Morgan fingerprint density at radius 2 is 2.33 bits per heavy atom. The van der Waals surface area contributed by atoms with E-state index in [4.69, 9.17) is 5.73 Å². The number of rotatable bonds is 3. The normalized spacial score (nSPS) is 12.3. The maximum atomic E-state index is 5.41. The van der Waals surface area contributed by atoms with Gasteiger partial charge in [-0.25, -0.2) is 0 Å². The van der Waals surface area contributed by atoms with Crippen LogP contribution in [0.5, 0.6) is 0 Å². The number of hydrogen-bond acceptors (Lipinski definition) is 1. The van der Waals surface area contributed by atoms with E-state index in [1.165, 1.54) is 0 Å². The number of allylic oxidation sites excluding steroid dienone is 4. The Labute approximate surface area is 56.6 Å². The van der Waals surface area contributed by atoms with Gasteiger partial charge in [-0.3, -0.25) is 0 Å². The summed E-state index contributed by atoms with van der Waals surface area (Å²) in [5, 5.41) is 0. The molecule has 0 atom stereocenters. The highest BCUT2D eigenvalue weighted by atomic mass is 14.5. The predicted octanol–water partition coefficient (Wildman–Crippen LogP) is 1.98. The van der Waals surface area contributed by atoms with Gasteiger partial charge in [0, 0.05) is 5.70 Å². The van der Waals surface area contributed by atoms with Crippen LogP contribution in [0.1, 0.15) is 13.3 Å². The zero-order chi connectivity index (χ0) is 7.11. The van der Waals surface area contributed by atoms with Gasteiger partial charge < -0.3 is 5.73 Å². The Kier molecular flexibility index (Phi) is 4.60. The van der Waals surface area contributed by atoms with Crippen LogP contribution in [0.15, 0.2) is 36.6 Å². The third-order valence-electron chi connectivity index (χ3n) is 0.896. The van der Waals surface area contributed by atoms with Crippen LogP contribution in [0.4, 0.5) is 0 Å². The molecule has 0 spiro atoms. The molecule has 0 aromatic rings. The van der Waals surface area contributed by atoms with Crippen LogP contribution in [0.2, 0.25) is 0 Å². The Hall–Kier alpha value is -0.980. The SMILES string of the molecule is C=C/C(N)=C/C=C/CC. The summed E-state index contributed by atoms with van der Waals surface area (Å²) in [5.41, 5.74) is 6.11. The molecule has 0 fully saturated rings. The van der Waals surface area contributed by atoms with Gasteiger partial charge in [-0.2, -0.15) is 0 Å². The Morgan fingerprint density at radius 3 is 2.78 bits per heavy atom. The summed E-state index contributed by atoms with van der Waals surface area (Å²) >= 11 is 0. The van der Waals surface area contributed by atoms with E-state index in [2.05, 4.69) is 13.5 Å². The van der Waals surface area contributed by atoms with Crippen molar-refractivity contribution in [2.45, 2.75) is 13.3 Å². The highest BCUT2D eigenvalue weighted by Crippen LogP contribution is 1.86. The zero-order valence-corrected chi connectivity index (χ0v) is 5.80. The highest BCUT2D eigenvalue weighted by Gasteiger charge is 1.71. The van der Waals surface area contributed by atoms with Crippen molar-refractivity contribution in [1.82, 2.24) is 0 Å². The molecule has 0 rings (SSSR count). The molecule has 0 heterocycles. The standard InChI is InChI=1S/C8H13N/c1-3-5-6-7-8(9)4-2/h4-7H,2-3,9H2,1H3/b6-5+,8-7-. The van der Waals surface area contributed by atoms with E-state index in [0.717, 1.165) is 6.42 Å². The van der Waals surface area contributed by atoms with E-state index < -0.39 is 0 Å². The first-order valence-corrected chi connectivity index (χ1v) is 3.06. The lowest BCUT2D eigenvalue weighted by Gasteiger charge is -1.83. The molecular weight excluding hydrogens is 110 g/mol. The molecular formula is C8H13N. The van der Waals surface area contributed by atoms with Gasteiger partial charge in [0.25, 0.3) is 0 Å². The fourth-order valence-corrected chi connectivity index (χ4v) is 0.383. The third kappa shape index (κ3) is 4.88. The second-order valence-corrected chi connectivity index (χ2v) is 1.71. The van der Waals surface area contributed by atoms with E-state index in [1.54, 1.807) is 6.08 Å². The van der Waals surface area contributed by atoms with Crippen molar-refractivity contribution < 1.29 is 0 Å². The molecule has 0 bridgehead atoms. The van der Waals surface area contributed by atoms with E-state index in [0.29, 0.717) is 5.70 Å². The summed E-state index contributed by atoms with van der Waals surface area (Å²) in [6, 6.07) is 0. The average molecular weight is 123 g/mol. The lowest BCUT2D eigenvalue weighted by atomic mass is 10.3. The fraction of sp³-hybridized carbons (Fsp3) is 0.250. The Morgan fingerprint density at radius 1 is 1.67 bits per heavy atom. The molecule has 9 heavy (non-hydrogen) atoms. The summed E-state index contributed by atoms with van der Waals surface area (Å²) in [6.45, 7) is 5.59. The summed E-state index contributed by atoms with van der Waals surface area (Å²) in [7, 11) is 0. The van der Waals surface area contributed by atoms with Crippen LogP contribution < -0.4 is 5.73 Å². The first-order valence-electron chi connectivity index (χ1n) is 3.06. The van der Waals surface area contributed by atoms with Gasteiger partial charge in [0.1, 0.15) is 0 Å². The van der Waals surface area contributed by atoms with Gasteiger partial charge in [-0.05, 0) is 18.6 Å². The molecule has 0 radical (unpaired) electrons. The molecule has 50 valence electrons. The second kappa shape index (κ2) is 5.16. The lowest BCUT2D eigenvalue weighted by molar-refractivity contribution is 1.22. The van der Waals surface area contributed by atoms with Crippen LogP contribution in [0.25, 0.3) is 0 Å². The van der Waals surface area contributed by atoms with Crippen molar-refractivity contribution in [2.24, 2.45) is 5.73 Å². The molecule has 0 aliphatic rings. The maximum Gasteiger partial charge on any atom is 0.0307 e. The van der Waals surface area contributed by atoms with Crippen molar-refractivity contribution >= 4 is 0 Å². The maximum absolute atomic E-state index is 5.41. The minimum absolute atomic E-state index is 0.708. The number of hydrogen-bond donors (Lipinski definition) is 1. The van der Waals surface area contributed by atoms with Crippen LogP contribution in [-0.2, 0) is 0 Å². The van der Waals surface area contributed by atoms with Crippen molar-refractivity contribution in [3.8, 4) is 0 Å². The molecule has 0 amide bonds. The van der Waals surface area contributed by atoms with Gasteiger partial charge in [0.05, 0.1) is 0 Å². The average Bonchev–Trinajstić information content (AvgIpc) is 1.89. The topological polar surface area (TPSA) is 26.0 Å². The molecule has 0 saturated carbocycles. The van der Waals surface area contributed by atoms with Crippen LogP contribution in [0.3, 0.4) is 0 Å². The van der Waals surface area contributed by atoms with E-state index >= 15 is 0 Å². The van der Waals surface area contributed by atoms with E-state index in [9.17, 15) is 0 Å². The van der Waals surface area contributed by atoms with Gasteiger partial charge in [-0.15, -0.1) is 0 Å². The van der Waals surface area contributed by atoms with Crippen LogP contribution >= 0.6 is 0 Å². The number of nitrogens with two attached hydrogens (primary N) is 1. The minimum Gasteiger partial charge on any atom is -0.399 e. The molecule has 2 N–H and O–H groups in total. The van der Waals surface area contributed by atoms with Gasteiger partial charge in [0.15, 0.2) is 0 Å². The molecule has 1 heteroatoms. The summed E-state index contributed by atoms with van der Waals surface area (Å²) in [5.74, 6) is 0. The fourth-order valence-electron chi connectivity index (χ4n) is 0.383. The summed E-state index contributed by atoms with van der Waals surface area (Å²) < 4.78 is 0. The van der Waals surface area contributed by atoms with Crippen LogP contribution in [-0.4, -0.2) is 0 Å². The van der Waals surface area contributed by atoms with Gasteiger partial charge in [0.2, 0.25) is 0 Å². The summed E-state index contributed by atoms with van der Waals surface area (Å²) in [4.78, 5) is 0. The van der Waals surface area contributed by atoms with Crippen molar-refractivity contribution in [3.63, 3.8) is 0 Å². The predicted molar refractivity (Wildman–Crippen MR) is 41.9 cm³/mol. The van der Waals surface area contributed by atoms with E-state index in [1.807, 2.05) is 18.2 Å². The highest BCUT2D eigenvalue weighted by molar-refractivity contribution is 5.18. The first-order chi connectivity index (χ1) is 4.31. The zero-order valence-electron chi connectivity index (χ0n) is 5.80. The monoisotopic (exact) mass is 123 g/mol. The molecule has 0 unspecified atom stereocenters. The third-order valence-corrected chi connectivity index (χ3v) is 0.896. The second-order valence-electron chi connectivity index (χ2n) is 1.71. The van der Waals surface area contributed by atoms with Crippen molar-refractivity contribution in [2.75, 3.05) is 0 Å². The Balaban J connectivity index is 3.68. The Bertz CT molecular complexity index is 132. The lowest BCUT2D eigenvalue weighted by Crippen LogP contribution is -1.89. The molecule has 0 aliphatic carbocycles. The molecule has 1 nitrogen and oxygen atoms in total. The van der Waals surface area contributed by atoms with Gasteiger partial charge in [-0.1, -0.05) is 25.7 Å². The molecule has 0 saturated heterocycles. The first kappa shape index (κ1) is 8.02. The van der Waals surface area contributed by atoms with E-state index in [-0.39, 0.29) is 0 Å². The molecule has 0 aliphatic heterocycles. The molecule has 0 aromatic heterocycles. The smallest absolute Gasteiger partial charge is 0.0307 e. The van der Waals surface area contributed by atoms with Crippen molar-refractivity contribution in [3.05, 3.63) is 36.6 Å².